The number of aromatic nitrogens is 1. The Morgan fingerprint density at radius 3 is 2.53 bits per heavy atom. The highest BCUT2D eigenvalue weighted by Gasteiger charge is 2.03. The molecule has 0 aliphatic rings. The van der Waals surface area contributed by atoms with Crippen molar-refractivity contribution in [3.05, 3.63) is 53.3 Å². The first kappa shape index (κ1) is 11.5. The molecule has 0 fully saturated rings. The van der Waals surface area contributed by atoms with Crippen LogP contribution in [0.25, 0.3) is 0 Å². The largest absolute Gasteiger partial charge is 0.489 e. The summed E-state index contributed by atoms with van der Waals surface area (Å²) in [6, 6.07) is 7.79. The Labute approximate surface area is 101 Å². The van der Waals surface area contributed by atoms with Crippen molar-refractivity contribution in [1.29, 1.82) is 0 Å². The molecule has 0 saturated carbocycles. The average Bonchev–Trinajstić information content (AvgIpc) is 2.33. The van der Waals surface area contributed by atoms with Crippen LogP contribution in [0.15, 0.2) is 36.7 Å². The summed E-state index contributed by atoms with van der Waals surface area (Å²) in [5, 5.41) is 0. The maximum Gasteiger partial charge on any atom is 0.124 e. The van der Waals surface area contributed by atoms with E-state index in [9.17, 15) is 0 Å². The minimum absolute atomic E-state index is 0.534. The molecule has 88 valence electrons. The van der Waals surface area contributed by atoms with Crippen LogP contribution in [0.2, 0.25) is 0 Å². The number of benzene rings is 1. The summed E-state index contributed by atoms with van der Waals surface area (Å²) in [5.41, 5.74) is 9.91. The number of hydrogen-bond donors (Lipinski definition) is 1. The SMILES string of the molecule is Cc1cc(C)c(OCc2ccncc2)cc1N. The summed E-state index contributed by atoms with van der Waals surface area (Å²) >= 11 is 0. The van der Waals surface area contributed by atoms with Gasteiger partial charge in [0.25, 0.3) is 0 Å². The molecular weight excluding hydrogens is 212 g/mol. The fourth-order valence-electron chi connectivity index (χ4n) is 1.64. The predicted octanol–water partition coefficient (Wildman–Crippen LogP) is 2.86. The first-order valence-electron chi connectivity index (χ1n) is 5.55. The lowest BCUT2D eigenvalue weighted by Gasteiger charge is -2.11. The van der Waals surface area contributed by atoms with Crippen LogP contribution in [0.3, 0.4) is 0 Å². The fraction of sp³-hybridized carbons (Fsp3) is 0.214. The third kappa shape index (κ3) is 2.75. The molecule has 0 unspecified atom stereocenters. The zero-order chi connectivity index (χ0) is 12.3. The number of nitrogen functional groups attached to an aromatic ring is 1. The van der Waals surface area contributed by atoms with Crippen molar-refractivity contribution < 1.29 is 4.74 Å². The van der Waals surface area contributed by atoms with Gasteiger partial charge in [-0.25, -0.2) is 0 Å². The summed E-state index contributed by atoms with van der Waals surface area (Å²) in [6.07, 6.45) is 3.52. The number of ether oxygens (including phenoxy) is 1. The Hall–Kier alpha value is -2.03. The Bertz CT molecular complexity index is 509. The van der Waals surface area contributed by atoms with Crippen LogP contribution >= 0.6 is 0 Å². The van der Waals surface area contributed by atoms with Gasteiger partial charge in [0.1, 0.15) is 12.4 Å². The Morgan fingerprint density at radius 2 is 1.82 bits per heavy atom. The number of pyridine rings is 1. The van der Waals surface area contributed by atoms with Crippen LogP contribution in [0.4, 0.5) is 5.69 Å². The molecule has 1 aromatic heterocycles. The van der Waals surface area contributed by atoms with E-state index >= 15 is 0 Å². The minimum Gasteiger partial charge on any atom is -0.489 e. The molecule has 3 nitrogen and oxygen atoms in total. The summed E-state index contributed by atoms with van der Waals surface area (Å²) in [6.45, 7) is 4.55. The molecule has 0 radical (unpaired) electrons. The van der Waals surface area contributed by atoms with Crippen molar-refractivity contribution in [2.45, 2.75) is 20.5 Å². The van der Waals surface area contributed by atoms with Crippen LogP contribution < -0.4 is 10.5 Å². The topological polar surface area (TPSA) is 48.1 Å². The zero-order valence-corrected chi connectivity index (χ0v) is 10.1. The Balaban J connectivity index is 2.12. The first-order valence-corrected chi connectivity index (χ1v) is 5.55. The normalized spacial score (nSPS) is 10.2. The van der Waals surface area contributed by atoms with Crippen molar-refractivity contribution in [1.82, 2.24) is 4.98 Å². The van der Waals surface area contributed by atoms with Gasteiger partial charge in [-0.05, 0) is 42.7 Å². The molecule has 1 heterocycles. The molecule has 0 aliphatic heterocycles. The molecule has 17 heavy (non-hydrogen) atoms. The van der Waals surface area contributed by atoms with Gasteiger partial charge in [0.15, 0.2) is 0 Å². The lowest BCUT2D eigenvalue weighted by Crippen LogP contribution is -1.99. The summed E-state index contributed by atoms with van der Waals surface area (Å²) in [4.78, 5) is 3.97. The van der Waals surface area contributed by atoms with Gasteiger partial charge in [0, 0.05) is 24.1 Å². The van der Waals surface area contributed by atoms with Gasteiger partial charge in [-0.2, -0.15) is 0 Å². The number of hydrogen-bond acceptors (Lipinski definition) is 3. The van der Waals surface area contributed by atoms with Gasteiger partial charge in [0.05, 0.1) is 0 Å². The molecule has 2 rings (SSSR count). The number of aryl methyl sites for hydroxylation is 2. The van der Waals surface area contributed by atoms with E-state index < -0.39 is 0 Å². The smallest absolute Gasteiger partial charge is 0.124 e. The molecule has 1 aromatic carbocycles. The molecule has 0 spiro atoms. The van der Waals surface area contributed by atoms with Crippen LogP contribution in [-0.4, -0.2) is 4.98 Å². The van der Waals surface area contributed by atoms with Crippen molar-refractivity contribution in [3.63, 3.8) is 0 Å². The average molecular weight is 228 g/mol. The molecule has 0 atom stereocenters. The van der Waals surface area contributed by atoms with E-state index in [1.54, 1.807) is 12.4 Å². The highest BCUT2D eigenvalue weighted by atomic mass is 16.5. The second kappa shape index (κ2) is 4.87. The van der Waals surface area contributed by atoms with Gasteiger partial charge in [-0.15, -0.1) is 0 Å². The van der Waals surface area contributed by atoms with Crippen molar-refractivity contribution in [2.75, 3.05) is 5.73 Å². The monoisotopic (exact) mass is 228 g/mol. The molecule has 2 aromatic rings. The van der Waals surface area contributed by atoms with Crippen molar-refractivity contribution in [3.8, 4) is 5.75 Å². The lowest BCUT2D eigenvalue weighted by molar-refractivity contribution is 0.304. The number of nitrogens with two attached hydrogens (primary N) is 1. The molecule has 0 amide bonds. The van der Waals surface area contributed by atoms with Crippen molar-refractivity contribution in [2.24, 2.45) is 0 Å². The van der Waals surface area contributed by atoms with Gasteiger partial charge >= 0.3 is 0 Å². The van der Waals surface area contributed by atoms with E-state index in [1.807, 2.05) is 38.1 Å². The number of rotatable bonds is 3. The standard InChI is InChI=1S/C14H16N2O/c1-10-7-11(2)14(8-13(10)15)17-9-12-3-5-16-6-4-12/h3-8H,9,15H2,1-2H3. The maximum atomic E-state index is 5.87. The van der Waals surface area contributed by atoms with E-state index in [1.165, 1.54) is 0 Å². The van der Waals surface area contributed by atoms with Crippen LogP contribution in [-0.2, 0) is 6.61 Å². The Kier molecular flexibility index (Phi) is 3.28. The molecule has 3 heteroatoms. The minimum atomic E-state index is 0.534. The quantitative estimate of drug-likeness (QED) is 0.822. The summed E-state index contributed by atoms with van der Waals surface area (Å²) in [7, 11) is 0. The van der Waals surface area contributed by atoms with E-state index in [0.717, 1.165) is 28.1 Å². The van der Waals surface area contributed by atoms with Gasteiger partial charge < -0.3 is 10.5 Å². The van der Waals surface area contributed by atoms with E-state index in [4.69, 9.17) is 10.5 Å². The fourth-order valence-corrected chi connectivity index (χ4v) is 1.64. The first-order chi connectivity index (χ1) is 8.16. The lowest BCUT2D eigenvalue weighted by atomic mass is 10.1. The second-order valence-corrected chi connectivity index (χ2v) is 4.12. The van der Waals surface area contributed by atoms with Gasteiger partial charge in [-0.1, -0.05) is 6.07 Å². The molecule has 0 aliphatic carbocycles. The van der Waals surface area contributed by atoms with Crippen molar-refractivity contribution >= 4 is 5.69 Å². The highest BCUT2D eigenvalue weighted by Crippen LogP contribution is 2.25. The van der Waals surface area contributed by atoms with Crippen LogP contribution in [0.1, 0.15) is 16.7 Å². The number of nitrogens with zero attached hydrogens (tertiary/aromatic N) is 1. The zero-order valence-electron chi connectivity index (χ0n) is 10.1. The summed E-state index contributed by atoms with van der Waals surface area (Å²) in [5.74, 6) is 0.838. The van der Waals surface area contributed by atoms with E-state index in [-0.39, 0.29) is 0 Å². The second-order valence-electron chi connectivity index (χ2n) is 4.12. The van der Waals surface area contributed by atoms with Crippen LogP contribution in [0, 0.1) is 13.8 Å². The number of anilines is 1. The predicted molar refractivity (Wildman–Crippen MR) is 68.9 cm³/mol. The van der Waals surface area contributed by atoms with Gasteiger partial charge in [-0.3, -0.25) is 4.98 Å². The van der Waals surface area contributed by atoms with Gasteiger partial charge in [0.2, 0.25) is 0 Å². The third-order valence-corrected chi connectivity index (χ3v) is 2.71. The van der Waals surface area contributed by atoms with E-state index in [2.05, 4.69) is 4.98 Å². The van der Waals surface area contributed by atoms with E-state index in [0.29, 0.717) is 6.61 Å². The molecule has 0 saturated heterocycles. The Morgan fingerprint density at radius 1 is 1.12 bits per heavy atom. The third-order valence-electron chi connectivity index (χ3n) is 2.71. The summed E-state index contributed by atoms with van der Waals surface area (Å²) < 4.78 is 5.75. The molecule has 0 bridgehead atoms. The maximum absolute atomic E-state index is 5.87. The molecule has 2 N–H and O–H groups in total. The highest BCUT2D eigenvalue weighted by molar-refractivity contribution is 5.54. The molecular formula is C14H16N2O. The van der Waals surface area contributed by atoms with Crippen LogP contribution in [0.5, 0.6) is 5.75 Å².